The van der Waals surface area contributed by atoms with Crippen molar-refractivity contribution in [2.45, 2.75) is 19.9 Å². The van der Waals surface area contributed by atoms with E-state index >= 15 is 0 Å². The Hall–Kier alpha value is -1.43. The van der Waals surface area contributed by atoms with Crippen molar-refractivity contribution in [1.82, 2.24) is 5.48 Å². The molecule has 0 aliphatic heterocycles. The van der Waals surface area contributed by atoms with Gasteiger partial charge < -0.3 is 5.73 Å². The zero-order valence-corrected chi connectivity index (χ0v) is 11.2. The minimum absolute atomic E-state index is 0.0294. The van der Waals surface area contributed by atoms with E-state index < -0.39 is 5.91 Å². The molecule has 0 saturated heterocycles. The third kappa shape index (κ3) is 2.69. The summed E-state index contributed by atoms with van der Waals surface area (Å²) in [4.78, 5) is 16.8. The molecule has 2 aromatic rings. The van der Waals surface area contributed by atoms with Gasteiger partial charge in [-0.1, -0.05) is 18.2 Å². The highest BCUT2D eigenvalue weighted by Gasteiger charge is 2.14. The first-order valence-electron chi connectivity index (χ1n) is 5.73. The number of primary amides is 1. The molecule has 96 valence electrons. The molecule has 1 atom stereocenters. The molecule has 1 aromatic heterocycles. The van der Waals surface area contributed by atoms with Crippen molar-refractivity contribution in [3.05, 3.63) is 34.7 Å². The maximum atomic E-state index is 10.6. The first kappa shape index (κ1) is 13.0. The lowest BCUT2D eigenvalue weighted by molar-refractivity contribution is -0.125. The van der Waals surface area contributed by atoms with Crippen molar-refractivity contribution in [3.63, 3.8) is 0 Å². The van der Waals surface area contributed by atoms with Crippen molar-refractivity contribution in [2.24, 2.45) is 5.73 Å². The number of nitrogens with two attached hydrogens (primary N) is 1. The van der Waals surface area contributed by atoms with Gasteiger partial charge in [0, 0.05) is 9.58 Å². The Morgan fingerprint density at radius 3 is 2.89 bits per heavy atom. The van der Waals surface area contributed by atoms with Crippen LogP contribution in [0.15, 0.2) is 24.3 Å². The molecule has 2 rings (SSSR count). The standard InChI is InChI=1S/C13H16N2O2S/c1-8-10-5-3-4-6-11(10)18-13(8)9(2)15-17-7-12(14)16/h3-6,9,15H,7H2,1-2H3,(H2,14,16). The van der Waals surface area contributed by atoms with Crippen LogP contribution in [-0.4, -0.2) is 12.5 Å². The number of thiophene rings is 1. The quantitative estimate of drug-likeness (QED) is 0.814. The molecule has 1 unspecified atom stereocenters. The number of nitrogens with one attached hydrogen (secondary N) is 1. The Balaban J connectivity index is 2.15. The van der Waals surface area contributed by atoms with Crippen LogP contribution in [0.25, 0.3) is 10.1 Å². The summed E-state index contributed by atoms with van der Waals surface area (Å²) in [5, 5.41) is 1.26. The predicted molar refractivity (Wildman–Crippen MR) is 73.3 cm³/mol. The summed E-state index contributed by atoms with van der Waals surface area (Å²) in [6, 6.07) is 8.31. The number of hydroxylamine groups is 1. The largest absolute Gasteiger partial charge is 0.368 e. The molecule has 1 heterocycles. The van der Waals surface area contributed by atoms with Gasteiger partial charge >= 0.3 is 0 Å². The number of carbonyl (C=O) groups is 1. The zero-order chi connectivity index (χ0) is 13.1. The van der Waals surface area contributed by atoms with E-state index in [1.165, 1.54) is 20.5 Å². The second-order valence-electron chi connectivity index (χ2n) is 4.18. The summed E-state index contributed by atoms with van der Waals surface area (Å²) >= 11 is 1.73. The Morgan fingerprint density at radius 1 is 1.50 bits per heavy atom. The van der Waals surface area contributed by atoms with E-state index in [4.69, 9.17) is 10.6 Å². The molecule has 5 heteroatoms. The Kier molecular flexibility index (Phi) is 3.96. The van der Waals surface area contributed by atoms with Gasteiger partial charge in [-0.15, -0.1) is 11.3 Å². The van der Waals surface area contributed by atoms with Crippen molar-refractivity contribution in [3.8, 4) is 0 Å². The average molecular weight is 264 g/mol. The van der Waals surface area contributed by atoms with Crippen LogP contribution >= 0.6 is 11.3 Å². The number of benzene rings is 1. The van der Waals surface area contributed by atoms with E-state index in [-0.39, 0.29) is 12.6 Å². The monoisotopic (exact) mass is 264 g/mol. The van der Waals surface area contributed by atoms with Crippen LogP contribution < -0.4 is 11.2 Å². The number of aryl methyl sites for hydroxylation is 1. The van der Waals surface area contributed by atoms with Gasteiger partial charge in [-0.3, -0.25) is 9.63 Å². The predicted octanol–water partition coefficient (Wildman–Crippen LogP) is 2.28. The van der Waals surface area contributed by atoms with Gasteiger partial charge in [0.15, 0.2) is 0 Å². The second-order valence-corrected chi connectivity index (χ2v) is 5.27. The van der Waals surface area contributed by atoms with Gasteiger partial charge in [0.05, 0.1) is 6.04 Å². The average Bonchev–Trinajstić information content (AvgIpc) is 2.67. The minimum atomic E-state index is -0.484. The highest BCUT2D eigenvalue weighted by molar-refractivity contribution is 7.19. The van der Waals surface area contributed by atoms with Crippen molar-refractivity contribution in [2.75, 3.05) is 6.61 Å². The molecule has 1 aromatic carbocycles. The minimum Gasteiger partial charge on any atom is -0.368 e. The number of hydrogen-bond donors (Lipinski definition) is 2. The number of hydrogen-bond acceptors (Lipinski definition) is 4. The fourth-order valence-corrected chi connectivity index (χ4v) is 3.10. The van der Waals surface area contributed by atoms with Gasteiger partial charge in [-0.05, 0) is 30.9 Å². The smallest absolute Gasteiger partial charge is 0.245 e. The van der Waals surface area contributed by atoms with E-state index in [0.717, 1.165) is 0 Å². The van der Waals surface area contributed by atoms with Crippen molar-refractivity contribution < 1.29 is 9.63 Å². The highest BCUT2D eigenvalue weighted by Crippen LogP contribution is 2.34. The first-order valence-corrected chi connectivity index (χ1v) is 6.55. The van der Waals surface area contributed by atoms with Crippen LogP contribution in [0, 0.1) is 6.92 Å². The molecule has 3 N–H and O–H groups in total. The third-order valence-corrected chi connectivity index (χ3v) is 4.20. The maximum Gasteiger partial charge on any atom is 0.245 e. The SMILES string of the molecule is Cc1c(C(C)NOCC(N)=O)sc2ccccc12. The number of carbonyl (C=O) groups excluding carboxylic acids is 1. The molecular weight excluding hydrogens is 248 g/mol. The van der Waals surface area contributed by atoms with Crippen molar-refractivity contribution in [1.29, 1.82) is 0 Å². The Labute approximate surface area is 110 Å². The Bertz CT molecular complexity index is 565. The second kappa shape index (κ2) is 5.48. The number of amides is 1. The van der Waals surface area contributed by atoms with E-state index in [9.17, 15) is 4.79 Å². The lowest BCUT2D eigenvalue weighted by Gasteiger charge is -2.12. The van der Waals surface area contributed by atoms with Crippen LogP contribution in [-0.2, 0) is 9.63 Å². The fraction of sp³-hybridized carbons (Fsp3) is 0.308. The molecule has 0 saturated carbocycles. The summed E-state index contributed by atoms with van der Waals surface area (Å²) in [6.07, 6.45) is 0. The van der Waals surface area contributed by atoms with Crippen molar-refractivity contribution >= 4 is 27.3 Å². The summed E-state index contributed by atoms with van der Waals surface area (Å²) in [5.41, 5.74) is 9.10. The number of rotatable bonds is 5. The van der Waals surface area contributed by atoms with Crippen LogP contribution in [0.2, 0.25) is 0 Å². The maximum absolute atomic E-state index is 10.6. The molecule has 1 amide bonds. The van der Waals surface area contributed by atoms with E-state index in [2.05, 4.69) is 24.5 Å². The van der Waals surface area contributed by atoms with Crippen LogP contribution in [0.3, 0.4) is 0 Å². The summed E-state index contributed by atoms with van der Waals surface area (Å²) < 4.78 is 1.26. The molecule has 0 fully saturated rings. The lowest BCUT2D eigenvalue weighted by atomic mass is 10.1. The topological polar surface area (TPSA) is 64.3 Å². The molecular formula is C13H16N2O2S. The third-order valence-electron chi connectivity index (χ3n) is 2.75. The number of fused-ring (bicyclic) bond motifs is 1. The first-order chi connectivity index (χ1) is 8.59. The molecule has 0 radical (unpaired) electrons. The van der Waals surface area contributed by atoms with Gasteiger partial charge in [-0.2, -0.15) is 5.48 Å². The highest BCUT2D eigenvalue weighted by atomic mass is 32.1. The molecule has 0 aliphatic carbocycles. The van der Waals surface area contributed by atoms with E-state index in [1.54, 1.807) is 11.3 Å². The van der Waals surface area contributed by atoms with Crippen LogP contribution in [0.1, 0.15) is 23.4 Å². The summed E-state index contributed by atoms with van der Waals surface area (Å²) in [6.45, 7) is 3.98. The van der Waals surface area contributed by atoms with Gasteiger partial charge in [0.2, 0.25) is 5.91 Å². The van der Waals surface area contributed by atoms with Gasteiger partial charge in [0.1, 0.15) is 6.61 Å². The zero-order valence-electron chi connectivity index (χ0n) is 10.4. The van der Waals surface area contributed by atoms with Crippen LogP contribution in [0.5, 0.6) is 0 Å². The molecule has 0 spiro atoms. The molecule has 18 heavy (non-hydrogen) atoms. The van der Waals surface area contributed by atoms with Crippen LogP contribution in [0.4, 0.5) is 0 Å². The van der Waals surface area contributed by atoms with Gasteiger partial charge in [-0.25, -0.2) is 0 Å². The normalized spacial score (nSPS) is 12.8. The van der Waals surface area contributed by atoms with E-state index in [0.29, 0.717) is 0 Å². The van der Waals surface area contributed by atoms with E-state index in [1.807, 2.05) is 19.1 Å². The molecule has 4 nitrogen and oxygen atoms in total. The van der Waals surface area contributed by atoms with Gasteiger partial charge in [0.25, 0.3) is 0 Å². The Morgan fingerprint density at radius 2 is 2.22 bits per heavy atom. The lowest BCUT2D eigenvalue weighted by Crippen LogP contribution is -2.26. The summed E-state index contributed by atoms with van der Waals surface area (Å²) in [5.74, 6) is -0.484. The molecule has 0 aliphatic rings. The summed E-state index contributed by atoms with van der Waals surface area (Å²) in [7, 11) is 0. The molecule has 0 bridgehead atoms. The fourth-order valence-electron chi connectivity index (χ4n) is 1.90.